The molecule has 1 aromatic carbocycles. The molecule has 0 aliphatic carbocycles. The quantitative estimate of drug-likeness (QED) is 0.783. The molecule has 2 heterocycles. The van der Waals surface area contributed by atoms with Crippen LogP contribution in [0.5, 0.6) is 0 Å². The smallest absolute Gasteiger partial charge is 0.0597 e. The highest BCUT2D eigenvalue weighted by Crippen LogP contribution is 2.31. The van der Waals surface area contributed by atoms with E-state index in [-0.39, 0.29) is 6.04 Å². The summed E-state index contributed by atoms with van der Waals surface area (Å²) in [6.45, 7) is 2.94. The number of fused-ring (bicyclic) bond motifs is 1. The second-order valence-corrected chi connectivity index (χ2v) is 5.21. The highest BCUT2D eigenvalue weighted by Gasteiger charge is 2.15. The number of nitrogens with two attached hydrogens (primary N) is 1. The third-order valence-corrected chi connectivity index (χ3v) is 4.16. The lowest BCUT2D eigenvalue weighted by Crippen LogP contribution is -2.10. The molecule has 3 nitrogen and oxygen atoms in total. The zero-order chi connectivity index (χ0) is 12.5. The van der Waals surface area contributed by atoms with Crippen LogP contribution in [0, 0.1) is 0 Å². The van der Waals surface area contributed by atoms with Crippen LogP contribution >= 0.6 is 11.3 Å². The van der Waals surface area contributed by atoms with Gasteiger partial charge >= 0.3 is 0 Å². The number of aromatic nitrogens is 2. The van der Waals surface area contributed by atoms with Gasteiger partial charge in [-0.1, -0.05) is 18.2 Å². The fourth-order valence-corrected chi connectivity index (χ4v) is 3.13. The minimum Gasteiger partial charge on any atom is -0.320 e. The molecule has 2 aromatic heterocycles. The second-order valence-electron chi connectivity index (χ2n) is 4.29. The fraction of sp³-hybridized carbons (Fsp3) is 0.214. The summed E-state index contributed by atoms with van der Waals surface area (Å²) in [5, 5.41) is 7.69. The summed E-state index contributed by atoms with van der Waals surface area (Å²) in [5.74, 6) is 0. The van der Waals surface area contributed by atoms with Gasteiger partial charge in [0.1, 0.15) is 0 Å². The average molecular weight is 257 g/mol. The van der Waals surface area contributed by atoms with Crippen molar-refractivity contribution in [1.29, 1.82) is 0 Å². The summed E-state index contributed by atoms with van der Waals surface area (Å²) < 4.78 is 3.19. The summed E-state index contributed by atoms with van der Waals surface area (Å²) in [4.78, 5) is 0. The molecule has 92 valence electrons. The first-order chi connectivity index (χ1) is 8.79. The lowest BCUT2D eigenvalue weighted by Gasteiger charge is -2.08. The molecule has 3 rings (SSSR count). The van der Waals surface area contributed by atoms with Crippen LogP contribution < -0.4 is 5.73 Å². The van der Waals surface area contributed by atoms with Gasteiger partial charge in [-0.3, -0.25) is 4.68 Å². The van der Waals surface area contributed by atoms with Gasteiger partial charge in [-0.2, -0.15) is 5.10 Å². The van der Waals surface area contributed by atoms with E-state index in [1.165, 1.54) is 15.6 Å². The summed E-state index contributed by atoms with van der Waals surface area (Å²) in [5.41, 5.74) is 8.60. The predicted octanol–water partition coefficient (Wildman–Crippen LogP) is 3.17. The zero-order valence-corrected chi connectivity index (χ0v) is 11.0. The van der Waals surface area contributed by atoms with Crippen LogP contribution in [0.4, 0.5) is 0 Å². The van der Waals surface area contributed by atoms with E-state index in [0.717, 1.165) is 12.1 Å². The molecule has 18 heavy (non-hydrogen) atoms. The van der Waals surface area contributed by atoms with Gasteiger partial charge in [0.05, 0.1) is 12.2 Å². The first-order valence-electron chi connectivity index (χ1n) is 6.03. The van der Waals surface area contributed by atoms with E-state index in [9.17, 15) is 0 Å². The van der Waals surface area contributed by atoms with Gasteiger partial charge in [0.25, 0.3) is 0 Å². The average Bonchev–Trinajstić information content (AvgIpc) is 3.04. The van der Waals surface area contributed by atoms with Gasteiger partial charge in [0.15, 0.2) is 0 Å². The lowest BCUT2D eigenvalue weighted by molar-refractivity contribution is 0.658. The van der Waals surface area contributed by atoms with Crippen molar-refractivity contribution >= 4 is 21.4 Å². The van der Waals surface area contributed by atoms with Crippen molar-refractivity contribution in [2.75, 3.05) is 0 Å². The Hall–Kier alpha value is -1.65. The number of aryl methyl sites for hydroxylation is 1. The van der Waals surface area contributed by atoms with Gasteiger partial charge in [-0.15, -0.1) is 11.3 Å². The molecule has 0 aliphatic heterocycles. The van der Waals surface area contributed by atoms with Crippen molar-refractivity contribution in [3.05, 3.63) is 53.2 Å². The van der Waals surface area contributed by atoms with Crippen LogP contribution in [0.3, 0.4) is 0 Å². The summed E-state index contributed by atoms with van der Waals surface area (Å²) >= 11 is 1.74. The molecule has 1 atom stereocenters. The molecular weight excluding hydrogens is 242 g/mol. The molecule has 0 amide bonds. The Bertz CT molecular complexity index is 668. The first kappa shape index (κ1) is 11.4. The molecule has 3 aromatic rings. The molecule has 0 radical (unpaired) electrons. The van der Waals surface area contributed by atoms with Crippen molar-refractivity contribution in [2.24, 2.45) is 5.73 Å². The Morgan fingerprint density at radius 3 is 3.00 bits per heavy atom. The Balaban J connectivity index is 2.03. The zero-order valence-electron chi connectivity index (χ0n) is 10.2. The van der Waals surface area contributed by atoms with Crippen molar-refractivity contribution < 1.29 is 0 Å². The maximum atomic E-state index is 6.35. The molecule has 0 spiro atoms. The Morgan fingerprint density at radius 2 is 2.22 bits per heavy atom. The molecule has 0 saturated carbocycles. The van der Waals surface area contributed by atoms with Gasteiger partial charge in [-0.05, 0) is 29.3 Å². The number of hydrogen-bond donors (Lipinski definition) is 1. The molecule has 2 N–H and O–H groups in total. The number of rotatable bonds is 3. The van der Waals surface area contributed by atoms with E-state index in [0.29, 0.717) is 0 Å². The van der Waals surface area contributed by atoms with Crippen molar-refractivity contribution in [3.8, 4) is 0 Å². The number of hydrogen-bond acceptors (Lipinski definition) is 3. The Kier molecular flexibility index (Phi) is 2.89. The topological polar surface area (TPSA) is 43.8 Å². The highest BCUT2D eigenvalue weighted by molar-refractivity contribution is 7.17. The van der Waals surface area contributed by atoms with Crippen LogP contribution in [0.15, 0.2) is 42.0 Å². The lowest BCUT2D eigenvalue weighted by atomic mass is 10.0. The standard InChI is InChI=1S/C14H15N3S/c1-2-17-8-10(7-16-17)14(15)12-9-18-13-6-4-3-5-11(12)13/h3-9,14H,2,15H2,1H3. The van der Waals surface area contributed by atoms with Crippen LogP contribution in [-0.2, 0) is 6.54 Å². The van der Waals surface area contributed by atoms with Gasteiger partial charge in [0.2, 0.25) is 0 Å². The third kappa shape index (κ3) is 1.83. The largest absolute Gasteiger partial charge is 0.320 e. The molecule has 0 bridgehead atoms. The van der Waals surface area contributed by atoms with Crippen molar-refractivity contribution in [3.63, 3.8) is 0 Å². The fourth-order valence-electron chi connectivity index (χ4n) is 2.13. The maximum Gasteiger partial charge on any atom is 0.0597 e. The molecule has 0 saturated heterocycles. The van der Waals surface area contributed by atoms with E-state index in [1.54, 1.807) is 11.3 Å². The van der Waals surface area contributed by atoms with Gasteiger partial charge < -0.3 is 5.73 Å². The van der Waals surface area contributed by atoms with Crippen LogP contribution in [-0.4, -0.2) is 9.78 Å². The summed E-state index contributed by atoms with van der Waals surface area (Å²) in [6.07, 6.45) is 3.89. The Morgan fingerprint density at radius 1 is 1.39 bits per heavy atom. The monoisotopic (exact) mass is 257 g/mol. The minimum absolute atomic E-state index is 0.0959. The van der Waals surface area contributed by atoms with E-state index in [1.807, 2.05) is 17.1 Å². The number of nitrogens with zero attached hydrogens (tertiary/aromatic N) is 2. The van der Waals surface area contributed by atoms with E-state index in [4.69, 9.17) is 5.73 Å². The van der Waals surface area contributed by atoms with Crippen LogP contribution in [0.25, 0.3) is 10.1 Å². The first-order valence-corrected chi connectivity index (χ1v) is 6.91. The molecule has 0 aliphatic rings. The normalized spacial score (nSPS) is 13.0. The predicted molar refractivity (Wildman–Crippen MR) is 75.8 cm³/mol. The SMILES string of the molecule is CCn1cc(C(N)c2csc3ccccc23)cn1. The maximum absolute atomic E-state index is 6.35. The van der Waals surface area contributed by atoms with Crippen LogP contribution in [0.2, 0.25) is 0 Å². The molecule has 0 fully saturated rings. The van der Waals surface area contributed by atoms with Crippen LogP contribution in [0.1, 0.15) is 24.1 Å². The second kappa shape index (κ2) is 4.55. The molecular formula is C14H15N3S. The summed E-state index contributed by atoms with van der Waals surface area (Å²) in [6, 6.07) is 8.28. The highest BCUT2D eigenvalue weighted by atomic mass is 32.1. The van der Waals surface area contributed by atoms with E-state index < -0.39 is 0 Å². The number of thiophene rings is 1. The van der Waals surface area contributed by atoms with Crippen molar-refractivity contribution in [2.45, 2.75) is 19.5 Å². The molecule has 4 heteroatoms. The molecule has 1 unspecified atom stereocenters. The van der Waals surface area contributed by atoms with E-state index >= 15 is 0 Å². The minimum atomic E-state index is -0.0959. The summed E-state index contributed by atoms with van der Waals surface area (Å²) in [7, 11) is 0. The van der Waals surface area contributed by atoms with Gasteiger partial charge in [-0.25, -0.2) is 0 Å². The Labute approximate surface area is 110 Å². The number of benzene rings is 1. The van der Waals surface area contributed by atoms with Crippen molar-refractivity contribution in [1.82, 2.24) is 9.78 Å². The van der Waals surface area contributed by atoms with E-state index in [2.05, 4.69) is 41.7 Å². The van der Waals surface area contributed by atoms with Gasteiger partial charge in [0, 0.05) is 23.0 Å². The third-order valence-electron chi connectivity index (χ3n) is 3.18.